The maximum absolute atomic E-state index is 13.9. The highest BCUT2D eigenvalue weighted by molar-refractivity contribution is 14.0. The van der Waals surface area contributed by atoms with E-state index in [2.05, 4.69) is 36.6 Å². The van der Waals surface area contributed by atoms with Crippen LogP contribution in [-0.4, -0.2) is 32.3 Å². The van der Waals surface area contributed by atoms with Crippen LogP contribution in [0.2, 0.25) is 0 Å². The van der Waals surface area contributed by atoms with Crippen molar-refractivity contribution in [2.24, 2.45) is 4.99 Å². The third-order valence-electron chi connectivity index (χ3n) is 5.42. The van der Waals surface area contributed by atoms with E-state index in [1.165, 1.54) is 11.6 Å². The van der Waals surface area contributed by atoms with Gasteiger partial charge in [0.05, 0.1) is 12.6 Å². The summed E-state index contributed by atoms with van der Waals surface area (Å²) in [7, 11) is 0. The van der Waals surface area contributed by atoms with Gasteiger partial charge in [-0.2, -0.15) is 0 Å². The fraction of sp³-hybridized carbons (Fsp3) is 0.435. The van der Waals surface area contributed by atoms with E-state index in [0.29, 0.717) is 19.8 Å². The molecule has 1 aliphatic heterocycles. The number of aliphatic imine (C=N–C) groups is 1. The van der Waals surface area contributed by atoms with Crippen molar-refractivity contribution in [3.05, 3.63) is 71.5 Å². The molecule has 0 aliphatic carbocycles. The number of hydrogen-bond donors (Lipinski definition) is 2. The summed E-state index contributed by atoms with van der Waals surface area (Å²) in [5.74, 6) is 0.580. The number of halogens is 2. The molecule has 2 N–H and O–H groups in total. The topological polar surface area (TPSA) is 45.7 Å². The summed E-state index contributed by atoms with van der Waals surface area (Å²) in [6, 6.07) is 17.4. The van der Waals surface area contributed by atoms with Crippen molar-refractivity contribution in [2.45, 2.75) is 38.1 Å². The van der Waals surface area contributed by atoms with E-state index in [9.17, 15) is 4.39 Å². The number of nitrogens with one attached hydrogen (secondary N) is 2. The van der Waals surface area contributed by atoms with Crippen molar-refractivity contribution < 1.29 is 9.13 Å². The maximum atomic E-state index is 13.9. The normalized spacial score (nSPS) is 17.1. The van der Waals surface area contributed by atoms with E-state index in [4.69, 9.17) is 9.73 Å². The van der Waals surface area contributed by atoms with Gasteiger partial charge in [-0.25, -0.2) is 4.39 Å². The van der Waals surface area contributed by atoms with Crippen LogP contribution in [0.1, 0.15) is 43.9 Å². The molecular formula is C23H31FIN3O. The fourth-order valence-electron chi connectivity index (χ4n) is 3.70. The van der Waals surface area contributed by atoms with E-state index in [0.717, 1.165) is 30.9 Å². The average Bonchev–Trinajstić information content (AvgIpc) is 2.73. The van der Waals surface area contributed by atoms with E-state index in [1.807, 2.05) is 24.3 Å². The van der Waals surface area contributed by atoms with Crippen LogP contribution < -0.4 is 10.6 Å². The van der Waals surface area contributed by atoms with E-state index in [1.54, 1.807) is 12.1 Å². The smallest absolute Gasteiger partial charge is 0.191 e. The first-order valence-electron chi connectivity index (χ1n) is 10.1. The second kappa shape index (κ2) is 11.5. The molecular weight excluding hydrogens is 480 g/mol. The van der Waals surface area contributed by atoms with Gasteiger partial charge in [-0.05, 0) is 49.9 Å². The minimum absolute atomic E-state index is 0. The summed E-state index contributed by atoms with van der Waals surface area (Å²) in [5, 5.41) is 6.82. The van der Waals surface area contributed by atoms with Crippen LogP contribution >= 0.6 is 24.0 Å². The molecule has 4 nitrogen and oxygen atoms in total. The van der Waals surface area contributed by atoms with Gasteiger partial charge in [-0.3, -0.25) is 4.99 Å². The molecule has 29 heavy (non-hydrogen) atoms. The van der Waals surface area contributed by atoms with Crippen molar-refractivity contribution >= 4 is 29.9 Å². The largest absolute Gasteiger partial charge is 0.381 e. The lowest BCUT2D eigenvalue weighted by Gasteiger charge is -2.36. The zero-order chi connectivity index (χ0) is 19.8. The van der Waals surface area contributed by atoms with Crippen LogP contribution in [0.15, 0.2) is 59.6 Å². The predicted molar refractivity (Wildman–Crippen MR) is 128 cm³/mol. The zero-order valence-electron chi connectivity index (χ0n) is 17.2. The number of rotatable bonds is 6. The van der Waals surface area contributed by atoms with Gasteiger partial charge in [-0.15, -0.1) is 24.0 Å². The molecule has 2 aromatic carbocycles. The Hall–Kier alpha value is -1.67. The van der Waals surface area contributed by atoms with E-state index >= 15 is 0 Å². The maximum Gasteiger partial charge on any atom is 0.191 e. The standard InChI is InChI=1S/C23H30FN3O.HI/c1-3-25-22(27-18(2)19-8-5-4-6-9-19)26-17-23(12-14-28-15-13-23)20-10-7-11-21(24)16-20;/h4-11,16,18H,3,12-15,17H2,1-2H3,(H2,25,26,27);1H. The van der Waals surface area contributed by atoms with Crippen LogP contribution in [0.5, 0.6) is 0 Å². The molecule has 0 bridgehead atoms. The third-order valence-corrected chi connectivity index (χ3v) is 5.42. The first-order valence-corrected chi connectivity index (χ1v) is 10.1. The van der Waals surface area contributed by atoms with Gasteiger partial charge in [0.2, 0.25) is 0 Å². The molecule has 1 unspecified atom stereocenters. The molecule has 6 heteroatoms. The van der Waals surface area contributed by atoms with Crippen molar-refractivity contribution in [1.82, 2.24) is 10.6 Å². The second-order valence-electron chi connectivity index (χ2n) is 7.37. The zero-order valence-corrected chi connectivity index (χ0v) is 19.5. The lowest BCUT2D eigenvalue weighted by atomic mass is 9.74. The summed E-state index contributed by atoms with van der Waals surface area (Å²) in [6.07, 6.45) is 1.68. The minimum atomic E-state index is -0.199. The molecule has 1 atom stereocenters. The summed E-state index contributed by atoms with van der Waals surface area (Å²) < 4.78 is 19.5. The highest BCUT2D eigenvalue weighted by Crippen LogP contribution is 2.35. The predicted octanol–water partition coefficient (Wildman–Crippen LogP) is 4.81. The molecule has 1 fully saturated rings. The third kappa shape index (κ3) is 6.40. The summed E-state index contributed by atoms with van der Waals surface area (Å²) in [5.41, 5.74) is 2.02. The van der Waals surface area contributed by atoms with Gasteiger partial charge in [0, 0.05) is 25.2 Å². The van der Waals surface area contributed by atoms with Gasteiger partial charge in [0.25, 0.3) is 0 Å². The molecule has 0 spiro atoms. The van der Waals surface area contributed by atoms with Gasteiger partial charge >= 0.3 is 0 Å². The molecule has 0 radical (unpaired) electrons. The Morgan fingerprint density at radius 2 is 1.86 bits per heavy atom. The molecule has 1 heterocycles. The SMILES string of the molecule is CCNC(=NCC1(c2cccc(F)c2)CCOCC1)NC(C)c1ccccc1.I. The van der Waals surface area contributed by atoms with Crippen LogP contribution in [0.25, 0.3) is 0 Å². The Balaban J connectivity index is 0.00000300. The minimum Gasteiger partial charge on any atom is -0.381 e. The lowest BCUT2D eigenvalue weighted by molar-refractivity contribution is 0.0530. The first kappa shape index (κ1) is 23.6. The van der Waals surface area contributed by atoms with Gasteiger partial charge < -0.3 is 15.4 Å². The number of guanidine groups is 1. The Bertz CT molecular complexity index is 779. The molecule has 158 valence electrons. The van der Waals surface area contributed by atoms with Crippen LogP contribution in [0.3, 0.4) is 0 Å². The number of nitrogens with zero attached hydrogens (tertiary/aromatic N) is 1. The highest BCUT2D eigenvalue weighted by Gasteiger charge is 2.34. The van der Waals surface area contributed by atoms with Gasteiger partial charge in [-0.1, -0.05) is 42.5 Å². The molecule has 1 saturated heterocycles. The van der Waals surface area contributed by atoms with Crippen LogP contribution in [-0.2, 0) is 10.2 Å². The summed E-state index contributed by atoms with van der Waals surface area (Å²) in [6.45, 7) is 6.91. The Morgan fingerprint density at radius 3 is 2.52 bits per heavy atom. The van der Waals surface area contributed by atoms with Crippen molar-refractivity contribution in [2.75, 3.05) is 26.3 Å². The molecule has 0 amide bonds. The Labute approximate surface area is 190 Å². The monoisotopic (exact) mass is 511 g/mol. The van der Waals surface area contributed by atoms with Crippen molar-refractivity contribution in [1.29, 1.82) is 0 Å². The van der Waals surface area contributed by atoms with Gasteiger partial charge in [0.15, 0.2) is 5.96 Å². The number of benzene rings is 2. The number of hydrogen-bond acceptors (Lipinski definition) is 2. The van der Waals surface area contributed by atoms with E-state index < -0.39 is 0 Å². The quantitative estimate of drug-likeness (QED) is 0.333. The molecule has 1 aliphatic rings. The average molecular weight is 511 g/mol. The molecule has 3 rings (SSSR count). The molecule has 2 aromatic rings. The first-order chi connectivity index (χ1) is 13.6. The Kier molecular flexibility index (Phi) is 9.36. The van der Waals surface area contributed by atoms with Gasteiger partial charge in [0.1, 0.15) is 5.82 Å². The Morgan fingerprint density at radius 1 is 1.14 bits per heavy atom. The fourth-order valence-corrected chi connectivity index (χ4v) is 3.70. The van der Waals surface area contributed by atoms with Crippen LogP contribution in [0, 0.1) is 5.82 Å². The molecule has 0 saturated carbocycles. The number of ether oxygens (including phenoxy) is 1. The van der Waals surface area contributed by atoms with E-state index in [-0.39, 0.29) is 41.3 Å². The summed E-state index contributed by atoms with van der Waals surface area (Å²) >= 11 is 0. The van der Waals surface area contributed by atoms with Crippen molar-refractivity contribution in [3.63, 3.8) is 0 Å². The van der Waals surface area contributed by atoms with Crippen LogP contribution in [0.4, 0.5) is 4.39 Å². The second-order valence-corrected chi connectivity index (χ2v) is 7.37. The van der Waals surface area contributed by atoms with Crippen molar-refractivity contribution in [3.8, 4) is 0 Å². The lowest BCUT2D eigenvalue weighted by Crippen LogP contribution is -2.42. The highest BCUT2D eigenvalue weighted by atomic mass is 127. The summed E-state index contributed by atoms with van der Waals surface area (Å²) in [4.78, 5) is 4.90. The molecule has 0 aromatic heterocycles.